The summed E-state index contributed by atoms with van der Waals surface area (Å²) in [6, 6.07) is 45.5. The first-order chi connectivity index (χ1) is 56.3. The van der Waals surface area contributed by atoms with Gasteiger partial charge >= 0.3 is 0 Å². The molecule has 0 heterocycles. The van der Waals surface area contributed by atoms with Crippen LogP contribution in [0.2, 0.25) is 0 Å². The molecule has 12 aliphatic carbocycles. The Morgan fingerprint density at radius 2 is 0.763 bits per heavy atom. The van der Waals surface area contributed by atoms with Crippen molar-refractivity contribution >= 4 is 70.9 Å². The predicted molar refractivity (Wildman–Crippen MR) is 454 cm³/mol. The van der Waals surface area contributed by atoms with E-state index < -0.39 is 23.8 Å². The SMILES string of the molecule is C[C@]12CCC3c4ccc(C(N)=O)cc4CCC3C1CCC2=O.C[C@]12CC[C@@H]3c4ccc(C(N)=O)cc4CC[C@H]3[C@@H]1C/C(=C\c1cccc(C(N)=O)c1)C2=O.C[C@]12CC[C@@H]3c4ccc(C(N)=O)cc4CC[C@H]3[C@@H]1C/C(=C\c1cccc(C(N)=O)c1)[C@@H]2O.C[C@]12CC[C@@H]3c4ccc(C(N)=O)cc4CC[C@H]3[C@@H]1C[C@H](Cc1cccc(C(N)=O)c1)C2=O. The lowest BCUT2D eigenvalue weighted by Gasteiger charge is -2.49. The molecule has 12 aliphatic rings. The van der Waals surface area contributed by atoms with Gasteiger partial charge in [-0.25, -0.2) is 0 Å². The van der Waals surface area contributed by atoms with Gasteiger partial charge in [0, 0.05) is 72.9 Å². The van der Waals surface area contributed by atoms with Gasteiger partial charge in [0.05, 0.1) is 6.10 Å². The molecule has 8 saturated carbocycles. The normalized spacial score (nSPS) is 32.0. The fourth-order valence-corrected chi connectivity index (χ4v) is 25.7. The Labute approximate surface area is 690 Å². The van der Waals surface area contributed by atoms with Crippen LogP contribution in [0.1, 0.15) is 294 Å². The maximum Gasteiger partial charge on any atom is 0.248 e. The van der Waals surface area contributed by atoms with E-state index in [2.05, 4.69) is 52.0 Å². The molecule has 0 bridgehead atoms. The van der Waals surface area contributed by atoms with Gasteiger partial charge in [0.1, 0.15) is 11.6 Å². The van der Waals surface area contributed by atoms with Crippen LogP contribution < -0.4 is 40.1 Å². The van der Waals surface area contributed by atoms with E-state index in [-0.39, 0.29) is 57.0 Å². The highest BCUT2D eigenvalue weighted by Crippen LogP contribution is 2.66. The van der Waals surface area contributed by atoms with Gasteiger partial charge in [-0.3, -0.25) is 47.9 Å². The lowest BCUT2D eigenvalue weighted by atomic mass is 9.55. The van der Waals surface area contributed by atoms with Crippen LogP contribution in [0, 0.1) is 74.9 Å². The molecule has 0 spiro atoms. The molecule has 0 radical (unpaired) electrons. The molecule has 0 aromatic heterocycles. The number of hydrogen-bond donors (Lipinski definition) is 8. The van der Waals surface area contributed by atoms with Gasteiger partial charge in [0.25, 0.3) is 0 Å². The van der Waals surface area contributed by atoms with Gasteiger partial charge in [0.15, 0.2) is 5.78 Å². The summed E-state index contributed by atoms with van der Waals surface area (Å²) in [6.45, 7) is 8.77. The zero-order valence-electron chi connectivity index (χ0n) is 68.2. The summed E-state index contributed by atoms with van der Waals surface area (Å²) in [5.74, 6) is 3.93. The Hall–Kier alpha value is -10.7. The zero-order valence-corrected chi connectivity index (χ0v) is 68.2. The highest BCUT2D eigenvalue weighted by atomic mass is 16.3. The Bertz CT molecular complexity index is 5410. The van der Waals surface area contributed by atoms with Gasteiger partial charge < -0.3 is 45.2 Å². The van der Waals surface area contributed by atoms with Gasteiger partial charge in [-0.05, 0) is 369 Å². The number of benzene rings is 7. The van der Waals surface area contributed by atoms with E-state index in [1.807, 2.05) is 97.1 Å². The lowest BCUT2D eigenvalue weighted by Crippen LogP contribution is -2.44. The molecule has 18 atom stereocenters. The molecule has 7 aromatic rings. The number of carbonyl (C=O) groups is 10. The second-order valence-electron chi connectivity index (χ2n) is 37.7. The topological polar surface area (TPSA) is 373 Å². The Balaban J connectivity index is 0.000000119. The van der Waals surface area contributed by atoms with Gasteiger partial charge in [-0.1, -0.05) is 94.4 Å². The number of allylic oxidation sites excluding steroid dienone is 1. The van der Waals surface area contributed by atoms with Crippen molar-refractivity contribution in [1.29, 1.82) is 0 Å². The van der Waals surface area contributed by atoms with Gasteiger partial charge in [-0.2, -0.15) is 0 Å². The fraction of sp³-hybridized carbons (Fsp3) is 0.440. The molecule has 3 unspecified atom stereocenters. The molecule has 7 aromatic carbocycles. The first-order valence-corrected chi connectivity index (χ1v) is 42.9. The minimum Gasteiger partial charge on any atom is -0.388 e. The number of nitrogens with two attached hydrogens (primary N) is 7. The van der Waals surface area contributed by atoms with Crippen LogP contribution in [0.5, 0.6) is 0 Å². The largest absolute Gasteiger partial charge is 0.388 e. The van der Waals surface area contributed by atoms with Crippen LogP contribution in [0.3, 0.4) is 0 Å². The minimum absolute atomic E-state index is 0.00879. The third-order valence-electron chi connectivity index (χ3n) is 31.9. The molecular formula is C100H111N7O11. The number of carbonyl (C=O) groups excluding carboxylic acids is 10. The smallest absolute Gasteiger partial charge is 0.248 e. The summed E-state index contributed by atoms with van der Waals surface area (Å²) < 4.78 is 0. The molecule has 18 heteroatoms. The number of hydrogen-bond acceptors (Lipinski definition) is 11. The number of Topliss-reactive ketones (excluding diaryl/α,β-unsaturated/α-hetero) is 3. The van der Waals surface area contributed by atoms with Crippen LogP contribution in [0.4, 0.5) is 0 Å². The Morgan fingerprint density at radius 1 is 0.381 bits per heavy atom. The number of aliphatic hydroxyl groups excluding tert-OH is 1. The summed E-state index contributed by atoms with van der Waals surface area (Å²) in [4.78, 5) is 120. The average Bonchev–Trinajstić information content (AvgIpc) is 1.56. The van der Waals surface area contributed by atoms with E-state index in [1.54, 1.807) is 36.4 Å². The van der Waals surface area contributed by atoms with E-state index in [4.69, 9.17) is 40.1 Å². The van der Waals surface area contributed by atoms with Crippen LogP contribution in [-0.4, -0.2) is 69.9 Å². The molecule has 8 fully saturated rings. The Morgan fingerprint density at radius 3 is 1.22 bits per heavy atom. The highest BCUT2D eigenvalue weighted by molar-refractivity contribution is 6.06. The predicted octanol–water partition coefficient (Wildman–Crippen LogP) is 14.8. The van der Waals surface area contributed by atoms with Crippen LogP contribution in [-0.2, 0) is 46.5 Å². The summed E-state index contributed by atoms with van der Waals surface area (Å²) in [6.07, 6.45) is 24.6. The van der Waals surface area contributed by atoms with Gasteiger partial charge in [0.2, 0.25) is 41.4 Å². The van der Waals surface area contributed by atoms with Crippen molar-refractivity contribution in [3.8, 4) is 0 Å². The molecular weight excluding hydrogens is 1480 g/mol. The summed E-state index contributed by atoms with van der Waals surface area (Å²) in [5.41, 5.74) is 56.3. The summed E-state index contributed by atoms with van der Waals surface area (Å²) in [7, 11) is 0. The number of aliphatic hydroxyl groups is 1. The highest BCUT2D eigenvalue weighted by Gasteiger charge is 2.61. The van der Waals surface area contributed by atoms with Crippen molar-refractivity contribution < 1.29 is 53.1 Å². The maximum absolute atomic E-state index is 13.6. The summed E-state index contributed by atoms with van der Waals surface area (Å²) in [5, 5.41) is 11.4. The fourth-order valence-electron chi connectivity index (χ4n) is 25.7. The van der Waals surface area contributed by atoms with Crippen LogP contribution in [0.15, 0.2) is 157 Å². The molecule has 612 valence electrons. The van der Waals surface area contributed by atoms with Crippen molar-refractivity contribution in [3.05, 3.63) is 257 Å². The second kappa shape index (κ2) is 31.5. The van der Waals surface area contributed by atoms with Crippen molar-refractivity contribution in [3.63, 3.8) is 0 Å². The van der Waals surface area contributed by atoms with Crippen molar-refractivity contribution in [1.82, 2.24) is 0 Å². The molecule has 15 N–H and O–H groups in total. The average molecular weight is 1590 g/mol. The molecule has 0 aliphatic heterocycles. The number of amides is 7. The van der Waals surface area contributed by atoms with Gasteiger partial charge in [-0.15, -0.1) is 0 Å². The first kappa shape index (κ1) is 81.0. The quantitative estimate of drug-likeness (QED) is 0.0563. The van der Waals surface area contributed by atoms with Crippen molar-refractivity contribution in [2.24, 2.45) is 115 Å². The second-order valence-corrected chi connectivity index (χ2v) is 37.7. The molecule has 19 rings (SSSR count). The van der Waals surface area contributed by atoms with Crippen molar-refractivity contribution in [2.75, 3.05) is 0 Å². The molecule has 0 saturated heterocycles. The lowest BCUT2D eigenvalue weighted by molar-refractivity contribution is -0.132. The van der Waals surface area contributed by atoms with E-state index in [0.717, 1.165) is 163 Å². The number of aryl methyl sites for hydroxylation is 4. The number of fused-ring (bicyclic) bond motifs is 20. The summed E-state index contributed by atoms with van der Waals surface area (Å²) >= 11 is 0. The zero-order chi connectivity index (χ0) is 83.3. The minimum atomic E-state index is -0.482. The van der Waals surface area contributed by atoms with E-state index in [1.165, 1.54) is 44.5 Å². The number of rotatable bonds is 11. The Kier molecular flexibility index (Phi) is 21.7. The third-order valence-corrected chi connectivity index (χ3v) is 31.9. The maximum atomic E-state index is 13.6. The van der Waals surface area contributed by atoms with E-state index in [9.17, 15) is 53.1 Å². The standard InChI is InChI=1S/2C27H30N2O3.C27H28N2O3.C19H23NO2/c3*1-27-10-9-21-20-7-6-18(26(29)32)13-16(20)5-8-22(21)23(27)14-19(24(27)30)12-15-3-2-4-17(11-15)25(28)31;1-19-9-8-14-13-4-3-12(18(20)22)10-11(13)2-5-15(14)16(19)6-7-17(19)21/h2-4,6-7,11,13,19,21-23H,5,8-10,12,14H2,1H3,(H2,28,31)(H2,29,32);2-4,6-7,11-13,21-24,30H,5,8-10,14H2,1H3,(H2,28,31)(H2,29,32);2-4,6-7,11-13,21-23H,5,8-10,14H2,1H3,(H2,28,31)(H2,29,32);3-4,10,14-16H,2,5-9H2,1H3,(H2,20,22)/b;2*19-12+;/t19-,21+,22+,23-,27-;21-,22-,23+,24+,27+;21-,22-,23+,27+;14?,15?,16?,19-/m0110/s1. The number of primary amides is 7. The van der Waals surface area contributed by atoms with Crippen LogP contribution >= 0.6 is 0 Å². The van der Waals surface area contributed by atoms with Crippen LogP contribution in [0.25, 0.3) is 12.2 Å². The van der Waals surface area contributed by atoms with E-state index >= 15 is 0 Å². The van der Waals surface area contributed by atoms with Crippen molar-refractivity contribution in [2.45, 2.75) is 199 Å². The van der Waals surface area contributed by atoms with E-state index in [0.29, 0.717) is 128 Å². The molecule has 7 amide bonds. The first-order valence-electron chi connectivity index (χ1n) is 42.9. The molecule has 118 heavy (non-hydrogen) atoms. The third kappa shape index (κ3) is 14.6. The number of ketones is 3. The molecule has 18 nitrogen and oxygen atoms in total. The monoisotopic (exact) mass is 1590 g/mol.